The van der Waals surface area contributed by atoms with E-state index in [0.717, 1.165) is 0 Å². The van der Waals surface area contributed by atoms with E-state index in [1.807, 2.05) is 0 Å². The van der Waals surface area contributed by atoms with E-state index in [2.05, 4.69) is 4.74 Å². The van der Waals surface area contributed by atoms with Crippen molar-refractivity contribution in [2.45, 2.75) is 6.92 Å². The highest BCUT2D eigenvalue weighted by Crippen LogP contribution is 2.27. The maximum Gasteiger partial charge on any atom is 0.344 e. The summed E-state index contributed by atoms with van der Waals surface area (Å²) < 4.78 is 9.82. The van der Waals surface area contributed by atoms with Crippen LogP contribution in [0.15, 0.2) is 18.2 Å². The van der Waals surface area contributed by atoms with Crippen LogP contribution in [0.5, 0.6) is 5.75 Å². The smallest absolute Gasteiger partial charge is 0.344 e. The van der Waals surface area contributed by atoms with Crippen LogP contribution in [0.4, 0.5) is 0 Å². The standard InChI is InChI=1S/C11H11ClO4/c1-2-15-10(14)7-16-11-8(6-13)4-3-5-9(11)12/h3-6H,2,7H2,1H3. The number of halogens is 1. The number of esters is 1. The van der Waals surface area contributed by atoms with Gasteiger partial charge in [-0.1, -0.05) is 17.7 Å². The minimum atomic E-state index is -0.501. The van der Waals surface area contributed by atoms with Gasteiger partial charge in [0.05, 0.1) is 17.2 Å². The molecule has 0 heterocycles. The van der Waals surface area contributed by atoms with Crippen molar-refractivity contribution in [3.05, 3.63) is 28.8 Å². The summed E-state index contributed by atoms with van der Waals surface area (Å²) in [6.45, 7) is 1.72. The van der Waals surface area contributed by atoms with Gasteiger partial charge < -0.3 is 9.47 Å². The summed E-state index contributed by atoms with van der Waals surface area (Å²) in [5.41, 5.74) is 0.303. The molecule has 0 saturated carbocycles. The highest BCUT2D eigenvalue weighted by Gasteiger charge is 2.10. The number of aldehydes is 1. The van der Waals surface area contributed by atoms with Crippen molar-refractivity contribution >= 4 is 23.9 Å². The number of hydrogen-bond acceptors (Lipinski definition) is 4. The molecule has 0 saturated heterocycles. The van der Waals surface area contributed by atoms with E-state index >= 15 is 0 Å². The molecular weight excluding hydrogens is 232 g/mol. The fourth-order valence-electron chi connectivity index (χ4n) is 1.10. The average Bonchev–Trinajstić information content (AvgIpc) is 2.27. The first kappa shape index (κ1) is 12.5. The first-order chi connectivity index (χ1) is 7.69. The number of para-hydroxylation sites is 1. The van der Waals surface area contributed by atoms with Gasteiger partial charge in [-0.2, -0.15) is 0 Å². The largest absolute Gasteiger partial charge is 0.480 e. The van der Waals surface area contributed by atoms with Gasteiger partial charge in [0, 0.05) is 0 Å². The van der Waals surface area contributed by atoms with Gasteiger partial charge in [-0.3, -0.25) is 4.79 Å². The first-order valence-electron chi connectivity index (χ1n) is 4.71. The number of carbonyl (C=O) groups excluding carboxylic acids is 2. The van der Waals surface area contributed by atoms with Crippen LogP contribution in [0, 0.1) is 0 Å². The Bertz CT molecular complexity index is 390. The van der Waals surface area contributed by atoms with Crippen molar-refractivity contribution < 1.29 is 19.1 Å². The number of carbonyl (C=O) groups is 2. The van der Waals surface area contributed by atoms with Gasteiger partial charge >= 0.3 is 5.97 Å². The highest BCUT2D eigenvalue weighted by molar-refractivity contribution is 6.32. The van der Waals surface area contributed by atoms with Crippen molar-refractivity contribution in [2.75, 3.05) is 13.2 Å². The Labute approximate surface area is 98.1 Å². The second-order valence-electron chi connectivity index (χ2n) is 2.87. The molecule has 0 fully saturated rings. The summed E-state index contributed by atoms with van der Waals surface area (Å²) in [6.07, 6.45) is 0.617. The quantitative estimate of drug-likeness (QED) is 0.586. The van der Waals surface area contributed by atoms with Crippen LogP contribution in [0.2, 0.25) is 5.02 Å². The fraction of sp³-hybridized carbons (Fsp3) is 0.273. The number of benzene rings is 1. The zero-order valence-corrected chi connectivity index (χ0v) is 9.49. The molecule has 0 unspecified atom stereocenters. The molecule has 16 heavy (non-hydrogen) atoms. The van der Waals surface area contributed by atoms with E-state index < -0.39 is 5.97 Å². The van der Waals surface area contributed by atoms with Crippen molar-refractivity contribution in [2.24, 2.45) is 0 Å². The van der Waals surface area contributed by atoms with Crippen LogP contribution >= 0.6 is 11.6 Å². The second-order valence-corrected chi connectivity index (χ2v) is 3.28. The summed E-state index contributed by atoms with van der Waals surface area (Å²) in [7, 11) is 0. The summed E-state index contributed by atoms with van der Waals surface area (Å²) in [5, 5.41) is 0.286. The fourth-order valence-corrected chi connectivity index (χ4v) is 1.34. The van der Waals surface area contributed by atoms with E-state index in [0.29, 0.717) is 11.8 Å². The highest BCUT2D eigenvalue weighted by atomic mass is 35.5. The molecule has 86 valence electrons. The van der Waals surface area contributed by atoms with Crippen LogP contribution in [0.3, 0.4) is 0 Å². The number of ether oxygens (including phenoxy) is 2. The minimum absolute atomic E-state index is 0.201. The Kier molecular flexibility index (Phi) is 4.79. The molecule has 5 heteroatoms. The monoisotopic (exact) mass is 242 g/mol. The topological polar surface area (TPSA) is 52.6 Å². The molecule has 0 aromatic heterocycles. The van der Waals surface area contributed by atoms with Gasteiger partial charge in [0.25, 0.3) is 0 Å². The molecule has 0 aliphatic rings. The summed E-state index contributed by atoms with van der Waals surface area (Å²) >= 11 is 5.83. The van der Waals surface area contributed by atoms with Gasteiger partial charge in [-0.05, 0) is 19.1 Å². The third-order valence-corrected chi connectivity index (χ3v) is 2.06. The maximum atomic E-state index is 11.0. The van der Waals surface area contributed by atoms with Crippen LogP contribution in [-0.2, 0) is 9.53 Å². The zero-order chi connectivity index (χ0) is 12.0. The SMILES string of the molecule is CCOC(=O)COc1c(Cl)cccc1C=O. The third-order valence-electron chi connectivity index (χ3n) is 1.76. The molecule has 0 spiro atoms. The zero-order valence-electron chi connectivity index (χ0n) is 8.73. The van der Waals surface area contributed by atoms with Crippen molar-refractivity contribution in [1.29, 1.82) is 0 Å². The lowest BCUT2D eigenvalue weighted by molar-refractivity contribution is -0.145. The van der Waals surface area contributed by atoms with Crippen molar-refractivity contribution in [1.82, 2.24) is 0 Å². The maximum absolute atomic E-state index is 11.0. The van der Waals surface area contributed by atoms with Gasteiger partial charge in [-0.25, -0.2) is 4.79 Å². The normalized spacial score (nSPS) is 9.62. The molecule has 1 aromatic carbocycles. The molecule has 0 radical (unpaired) electrons. The Balaban J connectivity index is 2.72. The van der Waals surface area contributed by atoms with Gasteiger partial charge in [0.15, 0.2) is 12.9 Å². The van der Waals surface area contributed by atoms with Crippen LogP contribution in [-0.4, -0.2) is 25.5 Å². The molecular formula is C11H11ClO4. The van der Waals surface area contributed by atoms with E-state index in [1.165, 1.54) is 0 Å². The van der Waals surface area contributed by atoms with Crippen LogP contribution in [0.25, 0.3) is 0 Å². The predicted octanol–water partition coefficient (Wildman–Crippen LogP) is 2.09. The molecule has 1 rings (SSSR count). The van der Waals surface area contributed by atoms with E-state index in [-0.39, 0.29) is 24.0 Å². The Morgan fingerprint density at radius 3 is 2.88 bits per heavy atom. The second kappa shape index (κ2) is 6.12. The summed E-state index contributed by atoms with van der Waals surface area (Å²) in [5.74, 6) is -0.300. The minimum Gasteiger partial charge on any atom is -0.480 e. The van der Waals surface area contributed by atoms with E-state index in [1.54, 1.807) is 25.1 Å². The van der Waals surface area contributed by atoms with Crippen molar-refractivity contribution in [3.8, 4) is 5.75 Å². The lowest BCUT2D eigenvalue weighted by Gasteiger charge is -2.09. The molecule has 0 amide bonds. The molecule has 0 aliphatic carbocycles. The predicted molar refractivity (Wildman–Crippen MR) is 59.0 cm³/mol. The number of rotatable bonds is 5. The number of hydrogen-bond donors (Lipinski definition) is 0. The Hall–Kier alpha value is -1.55. The Morgan fingerprint density at radius 1 is 1.50 bits per heavy atom. The van der Waals surface area contributed by atoms with Crippen LogP contribution in [0.1, 0.15) is 17.3 Å². The van der Waals surface area contributed by atoms with Gasteiger partial charge in [0.1, 0.15) is 5.75 Å². The van der Waals surface area contributed by atoms with Crippen LogP contribution < -0.4 is 4.74 Å². The molecule has 1 aromatic rings. The lowest BCUT2D eigenvalue weighted by atomic mass is 10.2. The molecule has 0 aliphatic heterocycles. The first-order valence-corrected chi connectivity index (χ1v) is 5.09. The van der Waals surface area contributed by atoms with E-state index in [9.17, 15) is 9.59 Å². The van der Waals surface area contributed by atoms with E-state index in [4.69, 9.17) is 16.3 Å². The molecule has 4 nitrogen and oxygen atoms in total. The molecule has 0 atom stereocenters. The van der Waals surface area contributed by atoms with Gasteiger partial charge in [0.2, 0.25) is 0 Å². The molecule has 0 bridgehead atoms. The molecule has 0 N–H and O–H groups in total. The van der Waals surface area contributed by atoms with Crippen molar-refractivity contribution in [3.63, 3.8) is 0 Å². The summed E-state index contributed by atoms with van der Waals surface area (Å²) in [4.78, 5) is 21.7. The van der Waals surface area contributed by atoms with Gasteiger partial charge in [-0.15, -0.1) is 0 Å². The lowest BCUT2D eigenvalue weighted by Crippen LogP contribution is -2.15. The average molecular weight is 243 g/mol. The Morgan fingerprint density at radius 2 is 2.25 bits per heavy atom. The third kappa shape index (κ3) is 3.24. The summed E-state index contributed by atoms with van der Waals surface area (Å²) in [6, 6.07) is 4.76.